The van der Waals surface area contributed by atoms with Gasteiger partial charge in [0.15, 0.2) is 0 Å². The minimum Gasteiger partial charge on any atom is -0.456 e. The molecule has 0 radical (unpaired) electrons. The van der Waals surface area contributed by atoms with Crippen molar-refractivity contribution in [3.8, 4) is 22.3 Å². The van der Waals surface area contributed by atoms with Crippen LogP contribution < -0.4 is 4.90 Å². The molecule has 0 saturated heterocycles. The predicted octanol–water partition coefficient (Wildman–Crippen LogP) is 12.8. The molecule has 0 saturated carbocycles. The summed E-state index contributed by atoms with van der Waals surface area (Å²) < 4.78 is 12.5. The second-order valence-electron chi connectivity index (χ2n) is 12.4. The fourth-order valence-corrected chi connectivity index (χ4v) is 7.18. The maximum atomic E-state index is 6.33. The molecule has 10 rings (SSSR count). The summed E-state index contributed by atoms with van der Waals surface area (Å²) in [6.45, 7) is 0. The Hall–Kier alpha value is -6.65. The van der Waals surface area contributed by atoms with Gasteiger partial charge in [-0.15, -0.1) is 0 Å². The first-order valence-corrected chi connectivity index (χ1v) is 16.4. The molecule has 10 aromatic rings. The average molecular weight is 629 g/mol. The van der Waals surface area contributed by atoms with Gasteiger partial charge in [0.05, 0.1) is 0 Å². The van der Waals surface area contributed by atoms with Gasteiger partial charge in [0.25, 0.3) is 0 Å². The van der Waals surface area contributed by atoms with E-state index in [1.165, 1.54) is 10.9 Å². The van der Waals surface area contributed by atoms with E-state index in [-0.39, 0.29) is 0 Å². The standard InChI is InChI=1S/C45H28N2O2/c1-2-7-29(8-3-1)32-9-6-10-35(25-32)47(36-20-21-38-37-11-4-5-12-41(37)49-44(38)27-36)34-18-15-30(16-19-34)33-14-13-31-17-22-43-45(39(31)26-33)40-28-46-24-23-42(40)48-43/h1-28H. The lowest BCUT2D eigenvalue weighted by Crippen LogP contribution is -2.10. The van der Waals surface area contributed by atoms with Crippen LogP contribution in [0.4, 0.5) is 17.1 Å². The molecule has 0 fully saturated rings. The molecule has 7 aromatic carbocycles. The molecule has 4 nitrogen and oxygen atoms in total. The molecular formula is C45H28N2O2. The van der Waals surface area contributed by atoms with Gasteiger partial charge in [-0.05, 0) is 93.7 Å². The summed E-state index contributed by atoms with van der Waals surface area (Å²) in [5, 5.41) is 6.70. The van der Waals surface area contributed by atoms with E-state index in [1.54, 1.807) is 6.20 Å². The van der Waals surface area contributed by atoms with Crippen molar-refractivity contribution in [1.82, 2.24) is 4.98 Å². The third-order valence-corrected chi connectivity index (χ3v) is 9.54. The SMILES string of the molecule is c1ccc(-c2cccc(N(c3ccc(-c4ccc5ccc6oc7ccncc7c6c5c4)cc3)c3ccc4c(c3)oc3ccccc34)c2)cc1. The zero-order valence-electron chi connectivity index (χ0n) is 26.4. The first-order chi connectivity index (χ1) is 24.3. The number of para-hydroxylation sites is 1. The minimum absolute atomic E-state index is 0.851. The molecule has 0 aliphatic heterocycles. The second-order valence-corrected chi connectivity index (χ2v) is 12.4. The highest BCUT2D eigenvalue weighted by atomic mass is 16.3. The van der Waals surface area contributed by atoms with Crippen molar-refractivity contribution in [3.63, 3.8) is 0 Å². The largest absolute Gasteiger partial charge is 0.456 e. The normalized spacial score (nSPS) is 11.7. The number of rotatable bonds is 5. The maximum absolute atomic E-state index is 6.33. The van der Waals surface area contributed by atoms with Gasteiger partial charge in [0.2, 0.25) is 0 Å². The Labute approximate surface area is 282 Å². The molecule has 230 valence electrons. The first-order valence-electron chi connectivity index (χ1n) is 16.4. The van der Waals surface area contributed by atoms with Gasteiger partial charge in [-0.1, -0.05) is 91.0 Å². The summed E-state index contributed by atoms with van der Waals surface area (Å²) in [5.74, 6) is 0. The zero-order valence-corrected chi connectivity index (χ0v) is 26.4. The van der Waals surface area contributed by atoms with Crippen LogP contribution in [-0.2, 0) is 0 Å². The smallest absolute Gasteiger partial charge is 0.138 e. The zero-order chi connectivity index (χ0) is 32.3. The minimum atomic E-state index is 0.851. The van der Waals surface area contributed by atoms with Crippen LogP contribution in [0.3, 0.4) is 0 Å². The number of aromatic nitrogens is 1. The van der Waals surface area contributed by atoms with Crippen molar-refractivity contribution in [3.05, 3.63) is 170 Å². The van der Waals surface area contributed by atoms with Crippen molar-refractivity contribution in [2.75, 3.05) is 4.90 Å². The van der Waals surface area contributed by atoms with Crippen molar-refractivity contribution >= 4 is 71.7 Å². The topological polar surface area (TPSA) is 42.4 Å². The van der Waals surface area contributed by atoms with Crippen LogP contribution in [0.2, 0.25) is 0 Å². The molecule has 49 heavy (non-hydrogen) atoms. The van der Waals surface area contributed by atoms with Gasteiger partial charge in [-0.2, -0.15) is 0 Å². The number of nitrogens with zero attached hydrogens (tertiary/aromatic N) is 2. The van der Waals surface area contributed by atoms with Gasteiger partial charge in [-0.25, -0.2) is 0 Å². The number of benzene rings is 7. The Morgan fingerprint density at radius 2 is 1.06 bits per heavy atom. The fraction of sp³-hybridized carbons (Fsp3) is 0. The van der Waals surface area contributed by atoms with Crippen molar-refractivity contribution < 1.29 is 8.83 Å². The second kappa shape index (κ2) is 11.0. The van der Waals surface area contributed by atoms with Crippen molar-refractivity contribution in [2.45, 2.75) is 0 Å². The average Bonchev–Trinajstić information content (AvgIpc) is 3.74. The third-order valence-electron chi connectivity index (χ3n) is 9.54. The van der Waals surface area contributed by atoms with Crippen LogP contribution in [0.1, 0.15) is 0 Å². The number of hydrogen-bond acceptors (Lipinski definition) is 4. The van der Waals surface area contributed by atoms with Crippen LogP contribution in [0.15, 0.2) is 179 Å². The number of furan rings is 2. The van der Waals surface area contributed by atoms with E-state index < -0.39 is 0 Å². The van der Waals surface area contributed by atoms with E-state index in [1.807, 2.05) is 24.4 Å². The number of pyridine rings is 1. The molecular weight excluding hydrogens is 601 g/mol. The van der Waals surface area contributed by atoms with Crippen molar-refractivity contribution in [2.24, 2.45) is 0 Å². The molecule has 3 heterocycles. The quantitative estimate of drug-likeness (QED) is 0.190. The summed E-state index contributed by atoms with van der Waals surface area (Å²) in [7, 11) is 0. The molecule has 0 N–H and O–H groups in total. The Bertz CT molecular complexity index is 2830. The van der Waals surface area contributed by atoms with E-state index in [0.717, 1.165) is 83.0 Å². The highest BCUT2D eigenvalue weighted by Gasteiger charge is 2.17. The fourth-order valence-electron chi connectivity index (χ4n) is 7.18. The lowest BCUT2D eigenvalue weighted by atomic mass is 9.98. The van der Waals surface area contributed by atoms with E-state index in [9.17, 15) is 0 Å². The highest BCUT2D eigenvalue weighted by Crippen LogP contribution is 2.41. The highest BCUT2D eigenvalue weighted by molar-refractivity contribution is 6.19. The first kappa shape index (κ1) is 27.5. The molecule has 4 heteroatoms. The summed E-state index contributed by atoms with van der Waals surface area (Å²) in [4.78, 5) is 6.68. The van der Waals surface area contributed by atoms with Gasteiger partial charge >= 0.3 is 0 Å². The summed E-state index contributed by atoms with van der Waals surface area (Å²) in [5.41, 5.74) is 11.3. The molecule has 0 bridgehead atoms. The summed E-state index contributed by atoms with van der Waals surface area (Å²) in [6.07, 6.45) is 3.67. The van der Waals surface area contributed by atoms with Gasteiger partial charge in [0, 0.05) is 57.1 Å². The molecule has 0 amide bonds. The van der Waals surface area contributed by atoms with Gasteiger partial charge in [0.1, 0.15) is 22.3 Å². The summed E-state index contributed by atoms with van der Waals surface area (Å²) in [6, 6.07) is 55.5. The molecule has 0 aliphatic carbocycles. The van der Waals surface area contributed by atoms with Crippen molar-refractivity contribution in [1.29, 1.82) is 0 Å². The Kier molecular flexibility index (Phi) is 6.15. The third kappa shape index (κ3) is 4.57. The molecule has 0 aliphatic rings. The van der Waals surface area contributed by atoms with Gasteiger partial charge in [-0.3, -0.25) is 4.98 Å². The predicted molar refractivity (Wildman–Crippen MR) is 202 cm³/mol. The lowest BCUT2D eigenvalue weighted by Gasteiger charge is -2.26. The van der Waals surface area contributed by atoms with Crippen LogP contribution in [-0.4, -0.2) is 4.98 Å². The molecule has 0 spiro atoms. The Balaban J connectivity index is 1.10. The number of fused-ring (bicyclic) bond motifs is 8. The van der Waals surface area contributed by atoms with Gasteiger partial charge < -0.3 is 13.7 Å². The van der Waals surface area contributed by atoms with Crippen LogP contribution in [0.25, 0.3) is 76.9 Å². The molecule has 0 unspecified atom stereocenters. The van der Waals surface area contributed by atoms with Crippen LogP contribution in [0.5, 0.6) is 0 Å². The molecule has 3 aromatic heterocycles. The van der Waals surface area contributed by atoms with E-state index in [4.69, 9.17) is 8.83 Å². The number of hydrogen-bond donors (Lipinski definition) is 0. The van der Waals surface area contributed by atoms with E-state index in [2.05, 4.69) is 149 Å². The van der Waals surface area contributed by atoms with E-state index in [0.29, 0.717) is 0 Å². The Morgan fingerprint density at radius 3 is 1.98 bits per heavy atom. The molecule has 0 atom stereocenters. The monoisotopic (exact) mass is 628 g/mol. The maximum Gasteiger partial charge on any atom is 0.138 e. The van der Waals surface area contributed by atoms with Crippen LogP contribution in [0, 0.1) is 0 Å². The Morgan fingerprint density at radius 1 is 0.388 bits per heavy atom. The lowest BCUT2D eigenvalue weighted by molar-refractivity contribution is 0.668. The summed E-state index contributed by atoms with van der Waals surface area (Å²) >= 11 is 0. The van der Waals surface area contributed by atoms with Crippen LogP contribution >= 0.6 is 0 Å². The van der Waals surface area contributed by atoms with E-state index >= 15 is 0 Å². The number of anilines is 3.